The van der Waals surface area contributed by atoms with Crippen molar-refractivity contribution in [3.05, 3.63) is 41.5 Å². The van der Waals surface area contributed by atoms with E-state index in [-0.39, 0.29) is 0 Å². The Balaban J connectivity index is 1.66. The number of ether oxygens (including phenoxy) is 1. The molecule has 1 aliphatic rings. The van der Waals surface area contributed by atoms with Gasteiger partial charge in [-0.1, -0.05) is 34.6 Å². The predicted molar refractivity (Wildman–Crippen MR) is 97.7 cm³/mol. The fraction of sp³-hybridized carbons (Fsp3) is 0.412. The van der Waals surface area contributed by atoms with E-state index in [0.29, 0.717) is 30.7 Å². The van der Waals surface area contributed by atoms with Crippen LogP contribution < -0.4 is 4.90 Å². The summed E-state index contributed by atoms with van der Waals surface area (Å²) in [5, 5.41) is 13.5. The topological polar surface area (TPSA) is 82.1 Å². The molecule has 1 aromatic carbocycles. The second-order valence-electron chi connectivity index (χ2n) is 6.08. The number of morpholine rings is 1. The Morgan fingerprint density at radius 1 is 1.08 bits per heavy atom. The maximum absolute atomic E-state index is 5.47. The van der Waals surface area contributed by atoms with E-state index in [1.165, 1.54) is 17.3 Å². The second kappa shape index (κ2) is 7.46. The van der Waals surface area contributed by atoms with Gasteiger partial charge in [-0.3, -0.25) is 4.57 Å². The van der Waals surface area contributed by atoms with Crippen LogP contribution in [0.5, 0.6) is 0 Å². The fourth-order valence-corrected chi connectivity index (χ4v) is 3.55. The normalized spacial score (nSPS) is 14.8. The molecule has 8 nitrogen and oxygen atoms in total. The van der Waals surface area contributed by atoms with E-state index in [9.17, 15) is 0 Å². The number of aryl methyl sites for hydroxylation is 2. The van der Waals surface area contributed by atoms with Crippen molar-refractivity contribution in [2.45, 2.75) is 24.8 Å². The highest BCUT2D eigenvalue weighted by molar-refractivity contribution is 7.98. The van der Waals surface area contributed by atoms with Crippen LogP contribution in [-0.2, 0) is 10.5 Å². The van der Waals surface area contributed by atoms with Crippen molar-refractivity contribution < 1.29 is 9.26 Å². The van der Waals surface area contributed by atoms with Crippen LogP contribution in [-0.4, -0.2) is 51.2 Å². The summed E-state index contributed by atoms with van der Waals surface area (Å²) in [4.78, 5) is 6.46. The van der Waals surface area contributed by atoms with Crippen molar-refractivity contribution in [2.24, 2.45) is 0 Å². The quantitative estimate of drug-likeness (QED) is 0.632. The Labute approximate surface area is 155 Å². The first-order chi connectivity index (χ1) is 12.7. The first kappa shape index (κ1) is 17.0. The zero-order chi connectivity index (χ0) is 17.9. The Bertz CT molecular complexity index is 870. The third-order valence-electron chi connectivity index (χ3n) is 4.10. The molecule has 0 aliphatic carbocycles. The van der Waals surface area contributed by atoms with Crippen molar-refractivity contribution in [3.63, 3.8) is 0 Å². The molecule has 2 aromatic heterocycles. The SMILES string of the molecule is Cc1ccc(-n2c(SCc3nc(C)no3)nnc2N2CCOCC2)cc1. The van der Waals surface area contributed by atoms with Crippen molar-refractivity contribution in [3.8, 4) is 5.69 Å². The molecule has 0 radical (unpaired) electrons. The smallest absolute Gasteiger partial charge is 0.237 e. The van der Waals surface area contributed by atoms with E-state index in [2.05, 4.69) is 61.0 Å². The van der Waals surface area contributed by atoms with Crippen molar-refractivity contribution in [1.82, 2.24) is 24.9 Å². The number of hydrogen-bond acceptors (Lipinski definition) is 8. The molecule has 0 atom stereocenters. The Morgan fingerprint density at radius 3 is 2.54 bits per heavy atom. The number of rotatable bonds is 5. The predicted octanol–water partition coefficient (Wildman–Crippen LogP) is 2.40. The van der Waals surface area contributed by atoms with Crippen molar-refractivity contribution in [2.75, 3.05) is 31.2 Å². The van der Waals surface area contributed by atoms with Gasteiger partial charge in [0, 0.05) is 13.1 Å². The summed E-state index contributed by atoms with van der Waals surface area (Å²) in [6, 6.07) is 8.36. The average molecular weight is 372 g/mol. The largest absolute Gasteiger partial charge is 0.378 e. The molecule has 0 N–H and O–H groups in total. The highest BCUT2D eigenvalue weighted by Gasteiger charge is 2.22. The van der Waals surface area contributed by atoms with Crippen LogP contribution in [0.15, 0.2) is 33.9 Å². The van der Waals surface area contributed by atoms with E-state index < -0.39 is 0 Å². The third-order valence-corrected chi connectivity index (χ3v) is 5.01. The molecule has 1 saturated heterocycles. The molecule has 1 aliphatic heterocycles. The minimum atomic E-state index is 0.550. The van der Waals surface area contributed by atoms with Crippen LogP contribution in [0.4, 0.5) is 5.95 Å². The van der Waals surface area contributed by atoms with Gasteiger partial charge in [0.1, 0.15) is 0 Å². The van der Waals surface area contributed by atoms with Gasteiger partial charge in [0.15, 0.2) is 11.0 Å². The maximum Gasteiger partial charge on any atom is 0.237 e. The lowest BCUT2D eigenvalue weighted by molar-refractivity contribution is 0.122. The fourth-order valence-electron chi connectivity index (χ4n) is 2.77. The van der Waals surface area contributed by atoms with Gasteiger partial charge in [0.05, 0.1) is 24.7 Å². The Kier molecular flexibility index (Phi) is 4.89. The maximum atomic E-state index is 5.47. The monoisotopic (exact) mass is 372 g/mol. The zero-order valence-electron chi connectivity index (χ0n) is 14.8. The number of nitrogens with zero attached hydrogens (tertiary/aromatic N) is 6. The van der Waals surface area contributed by atoms with E-state index in [0.717, 1.165) is 29.9 Å². The Hall–Kier alpha value is -2.39. The van der Waals surface area contributed by atoms with E-state index >= 15 is 0 Å². The summed E-state index contributed by atoms with van der Waals surface area (Å²) >= 11 is 1.53. The van der Waals surface area contributed by atoms with Gasteiger partial charge in [-0.05, 0) is 26.0 Å². The summed E-state index contributed by atoms with van der Waals surface area (Å²) in [6.45, 7) is 6.89. The molecule has 1 fully saturated rings. The van der Waals surface area contributed by atoms with Crippen LogP contribution in [0.3, 0.4) is 0 Å². The summed E-state index contributed by atoms with van der Waals surface area (Å²) < 4.78 is 12.8. The molecule has 9 heteroatoms. The van der Waals surface area contributed by atoms with Crippen LogP contribution in [0.25, 0.3) is 5.69 Å². The summed E-state index contributed by atoms with van der Waals surface area (Å²) in [6.07, 6.45) is 0. The van der Waals surface area contributed by atoms with Gasteiger partial charge < -0.3 is 14.2 Å². The van der Waals surface area contributed by atoms with Crippen LogP contribution in [0, 0.1) is 13.8 Å². The summed E-state index contributed by atoms with van der Waals surface area (Å²) in [5.41, 5.74) is 2.25. The molecule has 0 bridgehead atoms. The summed E-state index contributed by atoms with van der Waals surface area (Å²) in [7, 11) is 0. The number of hydrogen-bond donors (Lipinski definition) is 0. The lowest BCUT2D eigenvalue weighted by atomic mass is 10.2. The van der Waals surface area contributed by atoms with Gasteiger partial charge in [0.2, 0.25) is 11.8 Å². The molecule has 0 saturated carbocycles. The number of thioether (sulfide) groups is 1. The van der Waals surface area contributed by atoms with Crippen LogP contribution in [0.2, 0.25) is 0 Å². The molecular weight excluding hydrogens is 352 g/mol. The lowest BCUT2D eigenvalue weighted by Crippen LogP contribution is -2.37. The third kappa shape index (κ3) is 3.58. The molecule has 3 heterocycles. The molecule has 0 unspecified atom stereocenters. The van der Waals surface area contributed by atoms with Gasteiger partial charge in [-0.25, -0.2) is 0 Å². The number of aromatic nitrogens is 5. The van der Waals surface area contributed by atoms with Crippen LogP contribution >= 0.6 is 11.8 Å². The molecule has 136 valence electrons. The number of benzene rings is 1. The van der Waals surface area contributed by atoms with Crippen LogP contribution in [0.1, 0.15) is 17.3 Å². The minimum Gasteiger partial charge on any atom is -0.378 e. The molecule has 26 heavy (non-hydrogen) atoms. The van der Waals surface area contributed by atoms with Gasteiger partial charge in [-0.2, -0.15) is 4.98 Å². The molecule has 4 rings (SSSR count). The molecular formula is C17H20N6O2S. The van der Waals surface area contributed by atoms with E-state index in [1.54, 1.807) is 0 Å². The standard InChI is InChI=1S/C17H20N6O2S/c1-12-3-5-14(6-4-12)23-16(22-7-9-24-10-8-22)19-20-17(23)26-11-15-18-13(2)21-25-15/h3-6H,7-11H2,1-2H3. The van der Waals surface area contributed by atoms with Gasteiger partial charge in [-0.15, -0.1) is 10.2 Å². The summed E-state index contributed by atoms with van der Waals surface area (Å²) in [5.74, 6) is 2.60. The van der Waals surface area contributed by atoms with Gasteiger partial charge >= 0.3 is 0 Å². The highest BCUT2D eigenvalue weighted by atomic mass is 32.2. The van der Waals surface area contributed by atoms with Gasteiger partial charge in [0.25, 0.3) is 0 Å². The average Bonchev–Trinajstić information content (AvgIpc) is 3.27. The molecule has 0 amide bonds. The Morgan fingerprint density at radius 2 is 1.85 bits per heavy atom. The minimum absolute atomic E-state index is 0.550. The van der Waals surface area contributed by atoms with Crippen molar-refractivity contribution in [1.29, 1.82) is 0 Å². The first-order valence-corrected chi connectivity index (χ1v) is 9.46. The first-order valence-electron chi connectivity index (χ1n) is 8.48. The second-order valence-corrected chi connectivity index (χ2v) is 7.02. The zero-order valence-corrected chi connectivity index (χ0v) is 15.6. The molecule has 3 aromatic rings. The van der Waals surface area contributed by atoms with Crippen molar-refractivity contribution >= 4 is 17.7 Å². The number of anilines is 1. The molecule has 0 spiro atoms. The van der Waals surface area contributed by atoms with E-state index in [4.69, 9.17) is 9.26 Å². The highest BCUT2D eigenvalue weighted by Crippen LogP contribution is 2.29. The lowest BCUT2D eigenvalue weighted by Gasteiger charge is -2.27. The van der Waals surface area contributed by atoms with E-state index in [1.807, 2.05) is 6.92 Å².